The Hall–Kier alpha value is -2.36. The molecule has 0 aliphatic carbocycles. The molecule has 0 radical (unpaired) electrons. The molecule has 0 saturated carbocycles. The molecule has 1 aromatic heterocycles. The number of benzene rings is 1. The summed E-state index contributed by atoms with van der Waals surface area (Å²) in [6, 6.07) is 13.4. The first-order chi connectivity index (χ1) is 9.67. The molecule has 2 amide bonds. The number of rotatable bonds is 4. The van der Waals surface area contributed by atoms with Crippen LogP contribution in [-0.2, 0) is 13.0 Å². The number of aryl methyl sites for hydroxylation is 2. The number of hydrogen-bond donors (Lipinski definition) is 2. The molecule has 20 heavy (non-hydrogen) atoms. The van der Waals surface area contributed by atoms with Gasteiger partial charge in [0.25, 0.3) is 0 Å². The van der Waals surface area contributed by atoms with Gasteiger partial charge in [0.2, 0.25) is 0 Å². The van der Waals surface area contributed by atoms with Gasteiger partial charge in [-0.3, -0.25) is 4.98 Å². The van der Waals surface area contributed by atoms with Gasteiger partial charge in [-0.25, -0.2) is 4.79 Å². The number of anilines is 1. The van der Waals surface area contributed by atoms with Crippen LogP contribution in [0, 0.1) is 6.92 Å². The molecule has 2 N–H and O–H groups in total. The molecule has 2 aromatic rings. The zero-order valence-corrected chi connectivity index (χ0v) is 11.8. The van der Waals surface area contributed by atoms with Crippen LogP contribution in [0.4, 0.5) is 10.5 Å². The van der Waals surface area contributed by atoms with Crippen molar-refractivity contribution < 1.29 is 4.79 Å². The van der Waals surface area contributed by atoms with Crippen LogP contribution in [0.2, 0.25) is 0 Å². The van der Waals surface area contributed by atoms with Crippen molar-refractivity contribution in [1.82, 2.24) is 10.3 Å². The number of aromatic nitrogens is 1. The van der Waals surface area contributed by atoms with Crippen molar-refractivity contribution in [1.29, 1.82) is 0 Å². The number of pyridine rings is 1. The maximum absolute atomic E-state index is 11.8. The van der Waals surface area contributed by atoms with E-state index in [4.69, 9.17) is 0 Å². The Morgan fingerprint density at radius 2 is 1.90 bits per heavy atom. The molecule has 0 bridgehead atoms. The third-order valence-corrected chi connectivity index (χ3v) is 3.00. The largest absolute Gasteiger partial charge is 0.332 e. The standard InChI is InChI=1S/C16H19N3O/c1-3-13-7-9-14(10-8-13)19-16(20)17-11-15-6-4-5-12(2)18-15/h4-10H,3,11H2,1-2H3,(H2,17,19,20). The number of hydrogen-bond acceptors (Lipinski definition) is 2. The first-order valence-corrected chi connectivity index (χ1v) is 6.73. The second kappa shape index (κ2) is 6.70. The molecule has 0 spiro atoms. The normalized spacial score (nSPS) is 10.1. The van der Waals surface area contributed by atoms with Gasteiger partial charge in [0, 0.05) is 11.4 Å². The Bertz CT molecular complexity index is 579. The molecule has 4 nitrogen and oxygen atoms in total. The molecule has 0 aliphatic rings. The molecular weight excluding hydrogens is 250 g/mol. The van der Waals surface area contributed by atoms with Crippen LogP contribution in [0.5, 0.6) is 0 Å². The van der Waals surface area contributed by atoms with E-state index in [-0.39, 0.29) is 6.03 Å². The summed E-state index contributed by atoms with van der Waals surface area (Å²) in [4.78, 5) is 16.1. The number of nitrogens with one attached hydrogen (secondary N) is 2. The predicted molar refractivity (Wildman–Crippen MR) is 80.7 cm³/mol. The van der Waals surface area contributed by atoms with Gasteiger partial charge < -0.3 is 10.6 Å². The fourth-order valence-corrected chi connectivity index (χ4v) is 1.87. The number of carbonyl (C=O) groups excluding carboxylic acids is 1. The Kier molecular flexibility index (Phi) is 4.71. The van der Waals surface area contributed by atoms with Gasteiger partial charge in [0.1, 0.15) is 0 Å². The Balaban J connectivity index is 1.85. The van der Waals surface area contributed by atoms with Crippen molar-refractivity contribution in [2.45, 2.75) is 26.8 Å². The summed E-state index contributed by atoms with van der Waals surface area (Å²) < 4.78 is 0. The van der Waals surface area contributed by atoms with Crippen molar-refractivity contribution in [3.05, 3.63) is 59.4 Å². The number of urea groups is 1. The highest BCUT2D eigenvalue weighted by molar-refractivity contribution is 5.89. The fourth-order valence-electron chi connectivity index (χ4n) is 1.87. The van der Waals surface area contributed by atoms with Gasteiger partial charge in [-0.2, -0.15) is 0 Å². The maximum atomic E-state index is 11.8. The minimum atomic E-state index is -0.224. The highest BCUT2D eigenvalue weighted by Crippen LogP contribution is 2.09. The quantitative estimate of drug-likeness (QED) is 0.895. The topological polar surface area (TPSA) is 54.0 Å². The second-order valence-corrected chi connectivity index (χ2v) is 4.63. The van der Waals surface area contributed by atoms with Crippen LogP contribution in [0.1, 0.15) is 23.9 Å². The molecule has 1 aromatic carbocycles. The van der Waals surface area contributed by atoms with Crippen LogP contribution >= 0.6 is 0 Å². The van der Waals surface area contributed by atoms with Crippen molar-refractivity contribution in [3.63, 3.8) is 0 Å². The van der Waals surface area contributed by atoms with Gasteiger partial charge in [-0.15, -0.1) is 0 Å². The van der Waals surface area contributed by atoms with E-state index in [2.05, 4.69) is 22.5 Å². The molecular formula is C16H19N3O. The average molecular weight is 269 g/mol. The number of amides is 2. The highest BCUT2D eigenvalue weighted by atomic mass is 16.2. The zero-order chi connectivity index (χ0) is 14.4. The third-order valence-electron chi connectivity index (χ3n) is 3.00. The summed E-state index contributed by atoms with van der Waals surface area (Å²) in [6.45, 7) is 4.45. The molecule has 2 rings (SSSR count). The SMILES string of the molecule is CCc1ccc(NC(=O)NCc2cccc(C)n2)cc1. The summed E-state index contributed by atoms with van der Waals surface area (Å²) in [6.07, 6.45) is 0.992. The predicted octanol–water partition coefficient (Wildman–Crippen LogP) is 3.27. The molecule has 0 atom stereocenters. The summed E-state index contributed by atoms with van der Waals surface area (Å²) in [5, 5.41) is 5.59. The van der Waals surface area contributed by atoms with Crippen LogP contribution in [0.15, 0.2) is 42.5 Å². The summed E-state index contributed by atoms with van der Waals surface area (Å²) in [7, 11) is 0. The van der Waals surface area contributed by atoms with Crippen molar-refractivity contribution in [2.24, 2.45) is 0 Å². The minimum absolute atomic E-state index is 0.224. The van der Waals surface area contributed by atoms with E-state index in [1.165, 1.54) is 5.56 Å². The molecule has 0 aliphatic heterocycles. The zero-order valence-electron chi connectivity index (χ0n) is 11.8. The third kappa shape index (κ3) is 4.09. The Morgan fingerprint density at radius 1 is 1.15 bits per heavy atom. The second-order valence-electron chi connectivity index (χ2n) is 4.63. The van der Waals surface area contributed by atoms with Crippen LogP contribution in [-0.4, -0.2) is 11.0 Å². The molecule has 0 saturated heterocycles. The van der Waals surface area contributed by atoms with Crippen molar-refractivity contribution >= 4 is 11.7 Å². The first kappa shape index (κ1) is 14.1. The number of carbonyl (C=O) groups is 1. The van der Waals surface area contributed by atoms with E-state index in [0.29, 0.717) is 6.54 Å². The van der Waals surface area contributed by atoms with E-state index in [1.807, 2.05) is 49.4 Å². The van der Waals surface area contributed by atoms with Gasteiger partial charge in [-0.1, -0.05) is 25.1 Å². The summed E-state index contributed by atoms with van der Waals surface area (Å²) in [5.74, 6) is 0. The van der Waals surface area contributed by atoms with Gasteiger partial charge in [0.15, 0.2) is 0 Å². The summed E-state index contributed by atoms with van der Waals surface area (Å²) in [5.41, 5.74) is 3.83. The van der Waals surface area contributed by atoms with E-state index >= 15 is 0 Å². The van der Waals surface area contributed by atoms with E-state index in [0.717, 1.165) is 23.5 Å². The average Bonchev–Trinajstić information content (AvgIpc) is 2.46. The molecule has 4 heteroatoms. The molecule has 0 unspecified atom stereocenters. The van der Waals surface area contributed by atoms with Crippen molar-refractivity contribution in [2.75, 3.05) is 5.32 Å². The van der Waals surface area contributed by atoms with Crippen LogP contribution in [0.25, 0.3) is 0 Å². The van der Waals surface area contributed by atoms with Crippen molar-refractivity contribution in [3.8, 4) is 0 Å². The summed E-state index contributed by atoms with van der Waals surface area (Å²) >= 11 is 0. The lowest BCUT2D eigenvalue weighted by molar-refractivity contribution is 0.251. The lowest BCUT2D eigenvalue weighted by atomic mass is 10.1. The Morgan fingerprint density at radius 3 is 2.55 bits per heavy atom. The minimum Gasteiger partial charge on any atom is -0.332 e. The molecule has 1 heterocycles. The molecule has 104 valence electrons. The maximum Gasteiger partial charge on any atom is 0.319 e. The van der Waals surface area contributed by atoms with Crippen LogP contribution < -0.4 is 10.6 Å². The van der Waals surface area contributed by atoms with Gasteiger partial charge in [-0.05, 0) is 43.2 Å². The Labute approximate surface area is 119 Å². The molecule has 0 fully saturated rings. The van der Waals surface area contributed by atoms with E-state index < -0.39 is 0 Å². The first-order valence-electron chi connectivity index (χ1n) is 6.73. The lowest BCUT2D eigenvalue weighted by Gasteiger charge is -2.08. The number of nitrogens with zero attached hydrogens (tertiary/aromatic N) is 1. The smallest absolute Gasteiger partial charge is 0.319 e. The van der Waals surface area contributed by atoms with Crippen LogP contribution in [0.3, 0.4) is 0 Å². The monoisotopic (exact) mass is 269 g/mol. The fraction of sp³-hybridized carbons (Fsp3) is 0.250. The van der Waals surface area contributed by atoms with E-state index in [1.54, 1.807) is 0 Å². The highest BCUT2D eigenvalue weighted by Gasteiger charge is 2.02. The van der Waals surface area contributed by atoms with E-state index in [9.17, 15) is 4.79 Å². The van der Waals surface area contributed by atoms with Gasteiger partial charge in [0.05, 0.1) is 12.2 Å². The lowest BCUT2D eigenvalue weighted by Crippen LogP contribution is -2.28. The van der Waals surface area contributed by atoms with Gasteiger partial charge >= 0.3 is 6.03 Å².